The molecule has 138 valence electrons. The van der Waals surface area contributed by atoms with E-state index in [9.17, 15) is 9.59 Å². The van der Waals surface area contributed by atoms with Crippen molar-refractivity contribution in [2.24, 2.45) is 0 Å². The summed E-state index contributed by atoms with van der Waals surface area (Å²) in [5, 5.41) is 3.60. The van der Waals surface area contributed by atoms with Gasteiger partial charge >= 0.3 is 0 Å². The van der Waals surface area contributed by atoms with E-state index < -0.39 is 0 Å². The molecule has 0 aliphatic rings. The lowest BCUT2D eigenvalue weighted by atomic mass is 10.1. The van der Waals surface area contributed by atoms with Crippen LogP contribution in [-0.4, -0.2) is 36.9 Å². The molecule has 0 saturated carbocycles. The molecule has 2 aromatic carbocycles. The maximum atomic E-state index is 12.5. The van der Waals surface area contributed by atoms with Crippen LogP contribution in [0, 0.1) is 0 Å². The zero-order valence-electron chi connectivity index (χ0n) is 14.6. The minimum Gasteiger partial charge on any atom is -0.495 e. The third-order valence-corrected chi connectivity index (χ3v) is 4.53. The number of likely N-dealkylation sites (N-methyl/N-ethyl adjacent to an activating group) is 1. The van der Waals surface area contributed by atoms with Crippen LogP contribution in [0.5, 0.6) is 5.75 Å². The molecular weight excluding hydrogens is 375 g/mol. The van der Waals surface area contributed by atoms with E-state index in [4.69, 9.17) is 27.9 Å². The second kappa shape index (κ2) is 9.46. The van der Waals surface area contributed by atoms with Crippen molar-refractivity contribution in [1.29, 1.82) is 0 Å². The molecule has 5 nitrogen and oxygen atoms in total. The highest BCUT2D eigenvalue weighted by atomic mass is 35.5. The Kier molecular flexibility index (Phi) is 7.30. The molecule has 0 aliphatic heterocycles. The molecule has 0 bridgehead atoms. The van der Waals surface area contributed by atoms with Crippen LogP contribution in [0.15, 0.2) is 42.5 Å². The van der Waals surface area contributed by atoms with E-state index in [0.717, 1.165) is 5.56 Å². The molecule has 0 spiro atoms. The first-order valence-electron chi connectivity index (χ1n) is 8.09. The molecule has 0 heterocycles. The molecule has 0 unspecified atom stereocenters. The van der Waals surface area contributed by atoms with E-state index in [-0.39, 0.29) is 24.8 Å². The largest absolute Gasteiger partial charge is 0.495 e. The van der Waals surface area contributed by atoms with Crippen LogP contribution in [-0.2, 0) is 16.0 Å². The van der Waals surface area contributed by atoms with Gasteiger partial charge in [0, 0.05) is 6.54 Å². The maximum absolute atomic E-state index is 12.5. The highest BCUT2D eigenvalue weighted by Gasteiger charge is 2.17. The first-order valence-corrected chi connectivity index (χ1v) is 8.84. The summed E-state index contributed by atoms with van der Waals surface area (Å²) in [6, 6.07) is 12.2. The summed E-state index contributed by atoms with van der Waals surface area (Å²) in [5.74, 6) is 0.103. The predicted molar refractivity (Wildman–Crippen MR) is 104 cm³/mol. The highest BCUT2D eigenvalue weighted by Crippen LogP contribution is 2.24. The molecule has 2 rings (SSSR count). The molecule has 2 amide bonds. The van der Waals surface area contributed by atoms with Crippen molar-refractivity contribution in [2.75, 3.05) is 25.5 Å². The van der Waals surface area contributed by atoms with E-state index in [1.54, 1.807) is 36.4 Å². The Labute approximate surface area is 162 Å². The van der Waals surface area contributed by atoms with Crippen LogP contribution in [0.4, 0.5) is 5.69 Å². The SMILES string of the molecule is CCN(CC(=O)Nc1ccccc1OC)C(=O)Cc1ccc(Cl)c(Cl)c1. The van der Waals surface area contributed by atoms with Crippen molar-refractivity contribution in [3.63, 3.8) is 0 Å². The summed E-state index contributed by atoms with van der Waals surface area (Å²) in [7, 11) is 1.53. The van der Waals surface area contributed by atoms with Gasteiger partial charge in [0.25, 0.3) is 0 Å². The topological polar surface area (TPSA) is 58.6 Å². The molecule has 0 saturated heterocycles. The fourth-order valence-corrected chi connectivity index (χ4v) is 2.74. The Morgan fingerprint density at radius 1 is 1.12 bits per heavy atom. The number of methoxy groups -OCH3 is 1. The van der Waals surface area contributed by atoms with Gasteiger partial charge in [0.05, 0.1) is 35.8 Å². The van der Waals surface area contributed by atoms with Gasteiger partial charge in [0.15, 0.2) is 0 Å². The molecule has 0 aliphatic carbocycles. The second-order valence-electron chi connectivity index (χ2n) is 5.58. The van der Waals surface area contributed by atoms with Crippen LogP contribution in [0.3, 0.4) is 0 Å². The van der Waals surface area contributed by atoms with Gasteiger partial charge < -0.3 is 15.0 Å². The predicted octanol–water partition coefficient (Wildman–Crippen LogP) is 4.03. The van der Waals surface area contributed by atoms with Crippen molar-refractivity contribution >= 4 is 40.7 Å². The van der Waals surface area contributed by atoms with Crippen LogP contribution in [0.2, 0.25) is 10.0 Å². The average Bonchev–Trinajstić information content (AvgIpc) is 2.63. The molecule has 0 radical (unpaired) electrons. The number of benzene rings is 2. The molecule has 26 heavy (non-hydrogen) atoms. The van der Waals surface area contributed by atoms with Gasteiger partial charge in [-0.2, -0.15) is 0 Å². The molecule has 1 N–H and O–H groups in total. The van der Waals surface area contributed by atoms with Gasteiger partial charge in [-0.05, 0) is 36.8 Å². The quantitative estimate of drug-likeness (QED) is 0.770. The summed E-state index contributed by atoms with van der Waals surface area (Å²) in [6.45, 7) is 2.19. The number of halogens is 2. The number of hydrogen-bond donors (Lipinski definition) is 1. The number of nitrogens with one attached hydrogen (secondary N) is 1. The normalized spacial score (nSPS) is 10.3. The van der Waals surface area contributed by atoms with E-state index in [0.29, 0.717) is 28.0 Å². The number of anilines is 1. The van der Waals surface area contributed by atoms with Gasteiger partial charge in [-0.15, -0.1) is 0 Å². The minimum atomic E-state index is -0.293. The third-order valence-electron chi connectivity index (χ3n) is 3.79. The van der Waals surface area contributed by atoms with Gasteiger partial charge in [0.1, 0.15) is 5.75 Å². The molecular formula is C19H20Cl2N2O3. The number of nitrogens with zero attached hydrogens (tertiary/aromatic N) is 1. The summed E-state index contributed by atoms with van der Waals surface area (Å²) in [4.78, 5) is 26.3. The van der Waals surface area contributed by atoms with Gasteiger partial charge in [-0.3, -0.25) is 9.59 Å². The Hall–Kier alpha value is -2.24. The van der Waals surface area contributed by atoms with E-state index in [1.165, 1.54) is 12.0 Å². The fraction of sp³-hybridized carbons (Fsp3) is 0.263. The number of rotatable bonds is 7. The number of carbonyl (C=O) groups excluding carboxylic acids is 2. The standard InChI is InChI=1S/C19H20Cl2N2O3/c1-3-23(19(25)11-13-8-9-14(20)15(21)10-13)12-18(24)22-16-6-4-5-7-17(16)26-2/h4-10H,3,11-12H2,1-2H3,(H,22,24). The van der Waals surface area contributed by atoms with Crippen molar-refractivity contribution in [3.8, 4) is 5.75 Å². The van der Waals surface area contributed by atoms with E-state index in [1.807, 2.05) is 13.0 Å². The lowest BCUT2D eigenvalue weighted by Gasteiger charge is -2.21. The lowest BCUT2D eigenvalue weighted by Crippen LogP contribution is -2.38. The number of para-hydroxylation sites is 2. The van der Waals surface area contributed by atoms with Crippen LogP contribution in [0.25, 0.3) is 0 Å². The molecule has 0 aromatic heterocycles. The first-order chi connectivity index (χ1) is 12.4. The average molecular weight is 395 g/mol. The fourth-order valence-electron chi connectivity index (χ4n) is 2.42. The van der Waals surface area contributed by atoms with Gasteiger partial charge in [-0.25, -0.2) is 0 Å². The lowest BCUT2D eigenvalue weighted by molar-refractivity contribution is -0.133. The van der Waals surface area contributed by atoms with Crippen LogP contribution >= 0.6 is 23.2 Å². The Bertz CT molecular complexity index is 796. The number of ether oxygens (including phenoxy) is 1. The molecule has 0 fully saturated rings. The first kappa shape index (κ1) is 20.1. The molecule has 2 aromatic rings. The number of hydrogen-bond acceptors (Lipinski definition) is 3. The maximum Gasteiger partial charge on any atom is 0.244 e. The summed E-state index contributed by atoms with van der Waals surface area (Å²) < 4.78 is 5.21. The zero-order chi connectivity index (χ0) is 19.1. The minimum absolute atomic E-state index is 0.0469. The van der Waals surface area contributed by atoms with Crippen molar-refractivity contribution in [2.45, 2.75) is 13.3 Å². The number of amides is 2. The Balaban J connectivity index is 1.99. The van der Waals surface area contributed by atoms with Crippen molar-refractivity contribution < 1.29 is 14.3 Å². The molecule has 0 atom stereocenters. The van der Waals surface area contributed by atoms with Crippen molar-refractivity contribution in [3.05, 3.63) is 58.1 Å². The highest BCUT2D eigenvalue weighted by molar-refractivity contribution is 6.42. The van der Waals surface area contributed by atoms with Crippen LogP contribution in [0.1, 0.15) is 12.5 Å². The Morgan fingerprint density at radius 3 is 2.50 bits per heavy atom. The van der Waals surface area contributed by atoms with Crippen LogP contribution < -0.4 is 10.1 Å². The number of carbonyl (C=O) groups is 2. The molecule has 7 heteroatoms. The van der Waals surface area contributed by atoms with E-state index in [2.05, 4.69) is 5.32 Å². The third kappa shape index (κ3) is 5.38. The summed E-state index contributed by atoms with van der Waals surface area (Å²) >= 11 is 11.9. The monoisotopic (exact) mass is 394 g/mol. The van der Waals surface area contributed by atoms with Crippen molar-refractivity contribution in [1.82, 2.24) is 4.90 Å². The van der Waals surface area contributed by atoms with Gasteiger partial charge in [0.2, 0.25) is 11.8 Å². The van der Waals surface area contributed by atoms with Gasteiger partial charge in [-0.1, -0.05) is 41.4 Å². The second-order valence-corrected chi connectivity index (χ2v) is 6.40. The smallest absolute Gasteiger partial charge is 0.244 e. The summed E-state index contributed by atoms with van der Waals surface area (Å²) in [5.41, 5.74) is 1.31. The zero-order valence-corrected chi connectivity index (χ0v) is 16.1. The van der Waals surface area contributed by atoms with E-state index >= 15 is 0 Å². The summed E-state index contributed by atoms with van der Waals surface area (Å²) in [6.07, 6.45) is 0.146. The Morgan fingerprint density at radius 2 is 1.85 bits per heavy atom.